The molecule has 2 aromatic carbocycles. The van der Waals surface area contributed by atoms with Crippen LogP contribution in [-0.2, 0) is 9.53 Å². The number of carbonyl (C=O) groups excluding carboxylic acids is 2. The highest BCUT2D eigenvalue weighted by Gasteiger charge is 2.19. The van der Waals surface area contributed by atoms with Crippen LogP contribution in [-0.4, -0.2) is 18.5 Å². The van der Waals surface area contributed by atoms with Crippen molar-refractivity contribution in [2.45, 2.75) is 6.04 Å². The maximum absolute atomic E-state index is 13.2. The summed E-state index contributed by atoms with van der Waals surface area (Å²) in [6.07, 6.45) is 0. The molecule has 0 fully saturated rings. The van der Waals surface area contributed by atoms with Crippen LogP contribution < -0.4 is 5.32 Å². The van der Waals surface area contributed by atoms with Gasteiger partial charge in [-0.2, -0.15) is 0 Å². The molecule has 1 atom stereocenters. The average molecular weight is 387 g/mol. The van der Waals surface area contributed by atoms with E-state index in [9.17, 15) is 18.4 Å². The van der Waals surface area contributed by atoms with Gasteiger partial charge in [-0.15, -0.1) is 11.3 Å². The Morgan fingerprint density at radius 1 is 0.963 bits per heavy atom. The van der Waals surface area contributed by atoms with Gasteiger partial charge in [0.2, 0.25) is 0 Å². The molecule has 1 amide bonds. The zero-order chi connectivity index (χ0) is 19.2. The lowest BCUT2D eigenvalue weighted by Gasteiger charge is -2.18. The Balaban J connectivity index is 1.65. The molecule has 0 spiro atoms. The van der Waals surface area contributed by atoms with E-state index in [1.807, 2.05) is 17.5 Å². The third-order valence-corrected chi connectivity index (χ3v) is 4.69. The minimum atomic E-state index is -0.723. The van der Waals surface area contributed by atoms with Crippen LogP contribution in [0, 0.1) is 11.6 Å². The molecule has 0 aliphatic heterocycles. The molecule has 0 saturated carbocycles. The van der Waals surface area contributed by atoms with Crippen LogP contribution >= 0.6 is 11.3 Å². The Kier molecular flexibility index (Phi) is 5.93. The van der Waals surface area contributed by atoms with Crippen molar-refractivity contribution in [2.75, 3.05) is 6.61 Å². The summed E-state index contributed by atoms with van der Waals surface area (Å²) in [5.41, 5.74) is 0.856. The summed E-state index contributed by atoms with van der Waals surface area (Å²) in [7, 11) is 0. The van der Waals surface area contributed by atoms with E-state index < -0.39 is 30.3 Å². The van der Waals surface area contributed by atoms with Crippen molar-refractivity contribution < 1.29 is 23.1 Å². The molecule has 4 nitrogen and oxygen atoms in total. The van der Waals surface area contributed by atoms with Gasteiger partial charge in [-0.1, -0.05) is 18.2 Å². The minimum Gasteiger partial charge on any atom is -0.452 e. The zero-order valence-electron chi connectivity index (χ0n) is 14.0. The second-order valence-corrected chi connectivity index (χ2v) is 6.63. The molecule has 138 valence electrons. The molecule has 1 N–H and O–H groups in total. The lowest BCUT2D eigenvalue weighted by atomic mass is 10.1. The molecular weight excluding hydrogens is 372 g/mol. The van der Waals surface area contributed by atoms with Crippen LogP contribution in [0.3, 0.4) is 0 Å². The van der Waals surface area contributed by atoms with Gasteiger partial charge in [-0.25, -0.2) is 13.6 Å². The predicted octanol–water partition coefficient (Wildman–Crippen LogP) is 4.09. The van der Waals surface area contributed by atoms with E-state index in [2.05, 4.69) is 5.32 Å². The molecule has 0 radical (unpaired) electrons. The van der Waals surface area contributed by atoms with E-state index in [1.165, 1.54) is 35.6 Å². The zero-order valence-corrected chi connectivity index (χ0v) is 14.8. The van der Waals surface area contributed by atoms with Crippen molar-refractivity contribution >= 4 is 23.2 Å². The van der Waals surface area contributed by atoms with E-state index in [0.717, 1.165) is 17.0 Å². The highest BCUT2D eigenvalue weighted by Crippen LogP contribution is 2.26. The summed E-state index contributed by atoms with van der Waals surface area (Å²) >= 11 is 1.44. The second kappa shape index (κ2) is 8.55. The third-order valence-electron chi connectivity index (χ3n) is 3.75. The van der Waals surface area contributed by atoms with Gasteiger partial charge in [-0.05, 0) is 53.4 Å². The molecule has 3 rings (SSSR count). The molecule has 1 aromatic heterocycles. The molecule has 27 heavy (non-hydrogen) atoms. The summed E-state index contributed by atoms with van der Waals surface area (Å²) in [4.78, 5) is 25.0. The quantitative estimate of drug-likeness (QED) is 0.648. The Hall–Kier alpha value is -3.06. The van der Waals surface area contributed by atoms with Gasteiger partial charge in [-0.3, -0.25) is 4.79 Å². The average Bonchev–Trinajstić information content (AvgIpc) is 3.20. The first-order valence-electron chi connectivity index (χ1n) is 8.04. The molecule has 7 heteroatoms. The van der Waals surface area contributed by atoms with Gasteiger partial charge >= 0.3 is 5.97 Å². The molecule has 3 aromatic rings. The summed E-state index contributed by atoms with van der Waals surface area (Å²) in [5.74, 6) is -2.07. The number of ether oxygens (including phenoxy) is 1. The number of rotatable bonds is 6. The number of nitrogens with one attached hydrogen (secondary N) is 1. The first-order chi connectivity index (χ1) is 13.0. The lowest BCUT2D eigenvalue weighted by molar-refractivity contribution is -0.124. The van der Waals surface area contributed by atoms with Gasteiger partial charge in [0.05, 0.1) is 11.6 Å². The number of esters is 1. The molecule has 0 aliphatic rings. The number of benzene rings is 2. The largest absolute Gasteiger partial charge is 0.452 e. The van der Waals surface area contributed by atoms with Gasteiger partial charge in [0.1, 0.15) is 11.6 Å². The van der Waals surface area contributed by atoms with Crippen LogP contribution in [0.4, 0.5) is 8.78 Å². The predicted molar refractivity (Wildman–Crippen MR) is 97.4 cm³/mol. The second-order valence-electron chi connectivity index (χ2n) is 5.65. The number of thiophene rings is 1. The van der Waals surface area contributed by atoms with Gasteiger partial charge in [0.25, 0.3) is 5.91 Å². The van der Waals surface area contributed by atoms with E-state index >= 15 is 0 Å². The topological polar surface area (TPSA) is 55.4 Å². The molecule has 0 aliphatic carbocycles. The van der Waals surface area contributed by atoms with Crippen LogP contribution in [0.25, 0.3) is 0 Å². The fourth-order valence-corrected chi connectivity index (χ4v) is 3.24. The lowest BCUT2D eigenvalue weighted by Crippen LogP contribution is -2.32. The van der Waals surface area contributed by atoms with Crippen molar-refractivity contribution in [2.24, 2.45) is 0 Å². The Morgan fingerprint density at radius 2 is 1.59 bits per heavy atom. The SMILES string of the molecule is O=C(COC(=O)c1ccc(F)cc1)N[C@@H](c1ccc(F)cc1)c1cccs1. The van der Waals surface area contributed by atoms with Crippen molar-refractivity contribution in [3.8, 4) is 0 Å². The van der Waals surface area contributed by atoms with Crippen molar-refractivity contribution in [3.05, 3.63) is 93.7 Å². The van der Waals surface area contributed by atoms with Gasteiger partial charge in [0, 0.05) is 4.88 Å². The molecule has 0 bridgehead atoms. The normalized spacial score (nSPS) is 11.6. The first-order valence-corrected chi connectivity index (χ1v) is 8.92. The number of amides is 1. The Bertz CT molecular complexity index is 909. The van der Waals surface area contributed by atoms with E-state index in [0.29, 0.717) is 5.56 Å². The van der Waals surface area contributed by atoms with Crippen molar-refractivity contribution in [3.63, 3.8) is 0 Å². The molecular formula is C20H15F2NO3S. The van der Waals surface area contributed by atoms with E-state index in [1.54, 1.807) is 12.1 Å². The third kappa shape index (κ3) is 4.98. The van der Waals surface area contributed by atoms with E-state index in [-0.39, 0.29) is 11.4 Å². The summed E-state index contributed by atoms with van der Waals surface area (Å²) in [6.45, 7) is -0.487. The fraction of sp³-hybridized carbons (Fsp3) is 0.100. The number of hydrogen-bond acceptors (Lipinski definition) is 4. The molecule has 0 unspecified atom stereocenters. The summed E-state index contributed by atoms with van der Waals surface area (Å²) in [6, 6.07) is 13.9. The van der Waals surface area contributed by atoms with Crippen molar-refractivity contribution in [1.82, 2.24) is 5.32 Å². The Labute approximate surface area is 158 Å². The Morgan fingerprint density at radius 3 is 2.19 bits per heavy atom. The van der Waals surface area contributed by atoms with E-state index in [4.69, 9.17) is 4.74 Å². The minimum absolute atomic E-state index is 0.151. The number of carbonyl (C=O) groups is 2. The number of halogens is 2. The first kappa shape index (κ1) is 18.7. The van der Waals surface area contributed by atoms with Crippen LogP contribution in [0.2, 0.25) is 0 Å². The van der Waals surface area contributed by atoms with Crippen LogP contribution in [0.5, 0.6) is 0 Å². The van der Waals surface area contributed by atoms with Crippen LogP contribution in [0.1, 0.15) is 26.8 Å². The maximum Gasteiger partial charge on any atom is 0.338 e. The maximum atomic E-state index is 13.2. The summed E-state index contributed by atoms with van der Waals surface area (Å²) in [5, 5.41) is 4.65. The highest BCUT2D eigenvalue weighted by molar-refractivity contribution is 7.10. The fourth-order valence-electron chi connectivity index (χ4n) is 2.43. The van der Waals surface area contributed by atoms with Crippen LogP contribution in [0.15, 0.2) is 66.0 Å². The molecule has 1 heterocycles. The smallest absolute Gasteiger partial charge is 0.338 e. The van der Waals surface area contributed by atoms with Gasteiger partial charge in [0.15, 0.2) is 6.61 Å². The highest BCUT2D eigenvalue weighted by atomic mass is 32.1. The number of hydrogen-bond donors (Lipinski definition) is 1. The molecule has 0 saturated heterocycles. The monoisotopic (exact) mass is 387 g/mol. The standard InChI is InChI=1S/C20H15F2NO3S/c21-15-7-3-13(4-8-15)19(17-2-1-11-27-17)23-18(24)12-26-20(25)14-5-9-16(22)10-6-14/h1-11,19H,12H2,(H,23,24)/t19-/m0/s1. The summed E-state index contributed by atoms with van der Waals surface area (Å²) < 4.78 is 31.0. The van der Waals surface area contributed by atoms with Gasteiger partial charge < -0.3 is 10.1 Å². The van der Waals surface area contributed by atoms with Crippen molar-refractivity contribution in [1.29, 1.82) is 0 Å².